The molecule has 1 aromatic rings. The van der Waals surface area contributed by atoms with Gasteiger partial charge in [0, 0.05) is 51.9 Å². The summed E-state index contributed by atoms with van der Waals surface area (Å²) in [4.78, 5) is 9.45. The summed E-state index contributed by atoms with van der Waals surface area (Å²) < 4.78 is 0. The fourth-order valence-electron chi connectivity index (χ4n) is 3.21. The van der Waals surface area contributed by atoms with Gasteiger partial charge in [0.05, 0.1) is 0 Å². The number of hydrogen-bond donors (Lipinski definition) is 2. The van der Waals surface area contributed by atoms with Gasteiger partial charge in [-0.1, -0.05) is 30.3 Å². The Morgan fingerprint density at radius 2 is 1.65 bits per heavy atom. The van der Waals surface area contributed by atoms with E-state index in [1.165, 1.54) is 51.1 Å². The first-order valence-electron chi connectivity index (χ1n) is 9.94. The minimum Gasteiger partial charge on any atom is -0.356 e. The van der Waals surface area contributed by atoms with Crippen molar-refractivity contribution in [3.8, 4) is 0 Å². The largest absolute Gasteiger partial charge is 0.356 e. The number of piperazine rings is 1. The molecule has 1 aliphatic rings. The van der Waals surface area contributed by atoms with Crippen LogP contribution in [-0.4, -0.2) is 67.6 Å². The Morgan fingerprint density at radius 1 is 1.00 bits per heavy atom. The molecule has 26 heavy (non-hydrogen) atoms. The molecule has 0 atom stereocenters. The topological polar surface area (TPSA) is 42.9 Å². The van der Waals surface area contributed by atoms with Crippen LogP contribution in [0.4, 0.5) is 0 Å². The lowest BCUT2D eigenvalue weighted by Crippen LogP contribution is -2.48. The Kier molecular flexibility index (Phi) is 8.39. The zero-order valence-electron chi connectivity index (χ0n) is 17.1. The number of nitrogens with zero attached hydrogens (tertiary/aromatic N) is 3. The Labute approximate surface area is 159 Å². The van der Waals surface area contributed by atoms with Gasteiger partial charge in [-0.2, -0.15) is 0 Å². The van der Waals surface area contributed by atoms with Gasteiger partial charge in [0.25, 0.3) is 0 Å². The van der Waals surface area contributed by atoms with Crippen LogP contribution in [0.25, 0.3) is 0 Å². The molecule has 0 bridgehead atoms. The summed E-state index contributed by atoms with van der Waals surface area (Å²) in [7, 11) is 1.83. The van der Waals surface area contributed by atoms with Gasteiger partial charge in [0.1, 0.15) is 0 Å². The highest BCUT2D eigenvalue weighted by Crippen LogP contribution is 2.09. The molecule has 0 saturated carbocycles. The van der Waals surface area contributed by atoms with E-state index in [2.05, 4.69) is 76.5 Å². The molecule has 0 unspecified atom stereocenters. The lowest BCUT2D eigenvalue weighted by Gasteiger charge is -2.34. The van der Waals surface area contributed by atoms with Gasteiger partial charge in [-0.05, 0) is 45.7 Å². The van der Waals surface area contributed by atoms with Crippen LogP contribution in [-0.2, 0) is 6.54 Å². The van der Waals surface area contributed by atoms with Crippen LogP contribution in [0.3, 0.4) is 0 Å². The highest BCUT2D eigenvalue weighted by atomic mass is 15.3. The molecule has 1 fully saturated rings. The molecule has 1 heterocycles. The average Bonchev–Trinajstić information content (AvgIpc) is 2.61. The minimum atomic E-state index is 0.0429. The van der Waals surface area contributed by atoms with Crippen LogP contribution < -0.4 is 10.6 Å². The first-order chi connectivity index (χ1) is 12.5. The molecule has 2 rings (SSSR count). The number of unbranched alkanes of at least 4 members (excludes halogenated alkanes) is 1. The molecule has 0 amide bonds. The van der Waals surface area contributed by atoms with E-state index in [1.807, 2.05) is 7.05 Å². The second-order valence-corrected chi connectivity index (χ2v) is 8.18. The number of hydrogen-bond acceptors (Lipinski definition) is 3. The van der Waals surface area contributed by atoms with Gasteiger partial charge < -0.3 is 15.5 Å². The van der Waals surface area contributed by atoms with Crippen molar-refractivity contribution in [2.24, 2.45) is 4.99 Å². The van der Waals surface area contributed by atoms with Gasteiger partial charge in [0.15, 0.2) is 5.96 Å². The SMILES string of the molecule is CN=C(NCCCCN1CCN(Cc2ccccc2)CC1)NC(C)(C)C. The van der Waals surface area contributed by atoms with Crippen LogP contribution in [0.1, 0.15) is 39.2 Å². The number of benzene rings is 1. The normalized spacial score (nSPS) is 17.3. The maximum atomic E-state index is 4.28. The van der Waals surface area contributed by atoms with Crippen LogP contribution in [0.15, 0.2) is 35.3 Å². The van der Waals surface area contributed by atoms with Gasteiger partial charge in [0.2, 0.25) is 0 Å². The summed E-state index contributed by atoms with van der Waals surface area (Å²) in [6, 6.07) is 10.8. The Bertz CT molecular complexity index is 527. The molecule has 146 valence electrons. The first kappa shape index (κ1) is 20.7. The summed E-state index contributed by atoms with van der Waals surface area (Å²) >= 11 is 0. The fraction of sp³-hybridized carbons (Fsp3) is 0.667. The molecule has 5 nitrogen and oxygen atoms in total. The van der Waals surface area contributed by atoms with Gasteiger partial charge in [-0.25, -0.2) is 0 Å². The monoisotopic (exact) mass is 359 g/mol. The molecular formula is C21H37N5. The predicted octanol–water partition coefficient (Wildman–Crippen LogP) is 2.55. The summed E-state index contributed by atoms with van der Waals surface area (Å²) in [6.45, 7) is 14.4. The Balaban J connectivity index is 1.55. The molecule has 0 radical (unpaired) electrons. The molecule has 1 aromatic carbocycles. The summed E-state index contributed by atoms with van der Waals surface area (Å²) in [5.41, 5.74) is 1.46. The third-order valence-corrected chi connectivity index (χ3v) is 4.62. The lowest BCUT2D eigenvalue weighted by atomic mass is 10.1. The smallest absolute Gasteiger partial charge is 0.191 e. The van der Waals surface area contributed by atoms with Crippen LogP contribution in [0.5, 0.6) is 0 Å². The second-order valence-electron chi connectivity index (χ2n) is 8.18. The van der Waals surface area contributed by atoms with Crippen molar-refractivity contribution >= 4 is 5.96 Å². The minimum absolute atomic E-state index is 0.0429. The van der Waals surface area contributed by atoms with Crippen molar-refractivity contribution in [3.63, 3.8) is 0 Å². The molecule has 0 spiro atoms. The van der Waals surface area contributed by atoms with E-state index in [1.54, 1.807) is 0 Å². The Hall–Kier alpha value is -1.59. The third-order valence-electron chi connectivity index (χ3n) is 4.62. The highest BCUT2D eigenvalue weighted by molar-refractivity contribution is 5.80. The first-order valence-corrected chi connectivity index (χ1v) is 9.94. The van der Waals surface area contributed by atoms with Crippen molar-refractivity contribution in [2.75, 3.05) is 46.3 Å². The average molecular weight is 360 g/mol. The molecule has 2 N–H and O–H groups in total. The number of aliphatic imine (C=N–C) groups is 1. The van der Waals surface area contributed by atoms with Crippen LogP contribution in [0.2, 0.25) is 0 Å². The van der Waals surface area contributed by atoms with Crippen LogP contribution in [0, 0.1) is 0 Å². The summed E-state index contributed by atoms with van der Waals surface area (Å²) in [5, 5.41) is 6.80. The van der Waals surface area contributed by atoms with Gasteiger partial charge in [-0.3, -0.25) is 9.89 Å². The number of nitrogens with one attached hydrogen (secondary N) is 2. The maximum absolute atomic E-state index is 4.28. The highest BCUT2D eigenvalue weighted by Gasteiger charge is 2.16. The molecule has 1 aliphatic heterocycles. The van der Waals surface area contributed by atoms with Crippen molar-refractivity contribution in [1.29, 1.82) is 0 Å². The molecular weight excluding hydrogens is 322 g/mol. The van der Waals surface area contributed by atoms with E-state index in [0.717, 1.165) is 19.0 Å². The Morgan fingerprint density at radius 3 is 2.27 bits per heavy atom. The van der Waals surface area contributed by atoms with E-state index in [-0.39, 0.29) is 5.54 Å². The molecule has 0 aliphatic carbocycles. The van der Waals surface area contributed by atoms with Crippen molar-refractivity contribution in [2.45, 2.75) is 45.7 Å². The lowest BCUT2D eigenvalue weighted by molar-refractivity contribution is 0.126. The quantitative estimate of drug-likeness (QED) is 0.446. The van der Waals surface area contributed by atoms with E-state index in [0.29, 0.717) is 0 Å². The molecule has 5 heteroatoms. The summed E-state index contributed by atoms with van der Waals surface area (Å²) in [6.07, 6.45) is 2.41. The van der Waals surface area contributed by atoms with Crippen molar-refractivity contribution in [1.82, 2.24) is 20.4 Å². The number of guanidine groups is 1. The van der Waals surface area contributed by atoms with Crippen molar-refractivity contribution < 1.29 is 0 Å². The third kappa shape index (κ3) is 8.19. The zero-order chi connectivity index (χ0) is 18.8. The van der Waals surface area contributed by atoms with Crippen molar-refractivity contribution in [3.05, 3.63) is 35.9 Å². The second kappa shape index (κ2) is 10.5. The van der Waals surface area contributed by atoms with E-state index in [9.17, 15) is 0 Å². The summed E-state index contributed by atoms with van der Waals surface area (Å²) in [5.74, 6) is 0.895. The van der Waals surface area contributed by atoms with Gasteiger partial charge in [-0.15, -0.1) is 0 Å². The fourth-order valence-corrected chi connectivity index (χ4v) is 3.21. The van der Waals surface area contributed by atoms with E-state index < -0.39 is 0 Å². The zero-order valence-corrected chi connectivity index (χ0v) is 17.1. The molecule has 0 aromatic heterocycles. The number of rotatable bonds is 7. The van der Waals surface area contributed by atoms with E-state index >= 15 is 0 Å². The molecule has 1 saturated heterocycles. The predicted molar refractivity (Wildman–Crippen MR) is 112 cm³/mol. The van der Waals surface area contributed by atoms with Crippen LogP contribution >= 0.6 is 0 Å². The standard InChI is InChI=1S/C21H37N5/c1-21(2,3)24-20(22-4)23-12-8-9-13-25-14-16-26(17-15-25)18-19-10-6-5-7-11-19/h5-7,10-11H,8-9,12-18H2,1-4H3,(H2,22,23,24). The maximum Gasteiger partial charge on any atom is 0.191 e. The van der Waals surface area contributed by atoms with E-state index in [4.69, 9.17) is 0 Å². The van der Waals surface area contributed by atoms with Gasteiger partial charge >= 0.3 is 0 Å².